The topological polar surface area (TPSA) is 56.0 Å². The summed E-state index contributed by atoms with van der Waals surface area (Å²) in [5, 5.41) is 0. The van der Waals surface area contributed by atoms with Crippen LogP contribution < -0.4 is 5.73 Å². The highest BCUT2D eigenvalue weighted by Crippen LogP contribution is 2.20. The summed E-state index contributed by atoms with van der Waals surface area (Å²) in [7, 11) is 0. The van der Waals surface area contributed by atoms with Crippen LogP contribution in [0.25, 0.3) is 0 Å². The van der Waals surface area contributed by atoms with E-state index in [0.717, 1.165) is 10.0 Å². The van der Waals surface area contributed by atoms with E-state index in [4.69, 9.17) is 5.73 Å². The maximum atomic E-state index is 10.9. The molecule has 1 atom stereocenters. The van der Waals surface area contributed by atoms with Gasteiger partial charge in [0.25, 0.3) is 0 Å². The Hall–Kier alpha value is -0.740. The van der Waals surface area contributed by atoms with Crippen LogP contribution in [0.5, 0.6) is 0 Å². The number of hydrogen-bond donors (Lipinski definition) is 1. The molecule has 1 rings (SSSR count). The van der Waals surface area contributed by atoms with Gasteiger partial charge >= 0.3 is 0 Å². The van der Waals surface area contributed by atoms with Crippen molar-refractivity contribution < 1.29 is 4.79 Å². The van der Waals surface area contributed by atoms with Crippen molar-refractivity contribution in [3.8, 4) is 0 Å². The molecule has 4 heteroatoms. The summed E-state index contributed by atoms with van der Waals surface area (Å²) in [5.41, 5.74) is 6.41. The third-order valence-corrected chi connectivity index (χ3v) is 2.24. The van der Waals surface area contributed by atoms with Gasteiger partial charge in [0.2, 0.25) is 0 Å². The van der Waals surface area contributed by atoms with Gasteiger partial charge in [0, 0.05) is 16.9 Å². The number of rotatable bonds is 2. The Kier molecular flexibility index (Phi) is 2.94. The molecule has 0 aliphatic heterocycles. The third kappa shape index (κ3) is 1.89. The highest BCUT2D eigenvalue weighted by molar-refractivity contribution is 9.10. The standard InChI is InChI=1S/C8H9BrN2O/c1-5(12)8(10)6-2-3-11-4-7(6)9/h2-4,8H,10H2,1H3. The number of nitrogens with two attached hydrogens (primary N) is 1. The van der Waals surface area contributed by atoms with Gasteiger partial charge in [0.15, 0.2) is 5.78 Å². The molecule has 0 aliphatic rings. The van der Waals surface area contributed by atoms with Crippen molar-refractivity contribution in [2.45, 2.75) is 13.0 Å². The van der Waals surface area contributed by atoms with Crippen LogP contribution in [-0.4, -0.2) is 10.8 Å². The van der Waals surface area contributed by atoms with E-state index in [0.29, 0.717) is 0 Å². The summed E-state index contributed by atoms with van der Waals surface area (Å²) in [6, 6.07) is 1.18. The minimum absolute atomic E-state index is 0.0538. The Morgan fingerprint density at radius 1 is 1.75 bits per heavy atom. The number of halogens is 1. The predicted octanol–water partition coefficient (Wildman–Crippen LogP) is 1.43. The quantitative estimate of drug-likeness (QED) is 0.834. The van der Waals surface area contributed by atoms with Crippen molar-refractivity contribution in [1.82, 2.24) is 4.98 Å². The van der Waals surface area contributed by atoms with Gasteiger partial charge in [-0.2, -0.15) is 0 Å². The lowest BCUT2D eigenvalue weighted by atomic mass is 10.1. The van der Waals surface area contributed by atoms with Gasteiger partial charge in [-0.05, 0) is 34.5 Å². The first-order valence-corrected chi connectivity index (χ1v) is 4.27. The number of carbonyl (C=O) groups is 1. The van der Waals surface area contributed by atoms with Crippen LogP contribution in [0.3, 0.4) is 0 Å². The van der Waals surface area contributed by atoms with E-state index in [2.05, 4.69) is 20.9 Å². The first-order valence-electron chi connectivity index (χ1n) is 3.48. The number of pyridine rings is 1. The Labute approximate surface area is 79.1 Å². The van der Waals surface area contributed by atoms with Gasteiger partial charge in [-0.3, -0.25) is 9.78 Å². The summed E-state index contributed by atoms with van der Waals surface area (Å²) in [4.78, 5) is 14.8. The van der Waals surface area contributed by atoms with Crippen LogP contribution in [0.15, 0.2) is 22.9 Å². The van der Waals surface area contributed by atoms with Gasteiger partial charge in [-0.15, -0.1) is 0 Å². The van der Waals surface area contributed by atoms with Gasteiger partial charge in [0.05, 0.1) is 6.04 Å². The second-order valence-corrected chi connectivity index (χ2v) is 3.34. The summed E-state index contributed by atoms with van der Waals surface area (Å²) in [6.45, 7) is 1.47. The minimum atomic E-state index is -0.553. The van der Waals surface area contributed by atoms with Gasteiger partial charge in [0.1, 0.15) is 0 Å². The van der Waals surface area contributed by atoms with Crippen LogP contribution in [0.1, 0.15) is 18.5 Å². The van der Waals surface area contributed by atoms with E-state index in [1.807, 2.05) is 0 Å². The molecule has 1 unspecified atom stereocenters. The van der Waals surface area contributed by atoms with Gasteiger partial charge < -0.3 is 5.73 Å². The molecule has 0 saturated heterocycles. The first kappa shape index (κ1) is 9.35. The van der Waals surface area contributed by atoms with Crippen molar-refractivity contribution in [3.05, 3.63) is 28.5 Å². The lowest BCUT2D eigenvalue weighted by Crippen LogP contribution is -2.18. The predicted molar refractivity (Wildman–Crippen MR) is 49.5 cm³/mol. The first-order chi connectivity index (χ1) is 5.63. The maximum Gasteiger partial charge on any atom is 0.151 e. The van der Waals surface area contributed by atoms with Crippen molar-refractivity contribution >= 4 is 21.7 Å². The zero-order valence-electron chi connectivity index (χ0n) is 6.62. The van der Waals surface area contributed by atoms with Gasteiger partial charge in [-0.25, -0.2) is 0 Å². The molecule has 1 heterocycles. The lowest BCUT2D eigenvalue weighted by Gasteiger charge is -2.08. The van der Waals surface area contributed by atoms with Crippen LogP contribution in [0.4, 0.5) is 0 Å². The van der Waals surface area contributed by atoms with E-state index < -0.39 is 6.04 Å². The summed E-state index contributed by atoms with van der Waals surface area (Å²) in [5.74, 6) is -0.0538. The highest BCUT2D eigenvalue weighted by Gasteiger charge is 2.13. The Morgan fingerprint density at radius 3 is 2.92 bits per heavy atom. The highest BCUT2D eigenvalue weighted by atomic mass is 79.9. The minimum Gasteiger partial charge on any atom is -0.318 e. The number of nitrogens with zero attached hydrogens (tertiary/aromatic N) is 1. The smallest absolute Gasteiger partial charge is 0.151 e. The van der Waals surface area contributed by atoms with Crippen molar-refractivity contribution in [2.24, 2.45) is 5.73 Å². The van der Waals surface area contributed by atoms with Crippen molar-refractivity contribution in [2.75, 3.05) is 0 Å². The second-order valence-electron chi connectivity index (χ2n) is 2.49. The molecular formula is C8H9BrN2O. The van der Waals surface area contributed by atoms with Crippen LogP contribution in [0, 0.1) is 0 Å². The molecule has 0 saturated carbocycles. The van der Waals surface area contributed by atoms with E-state index in [9.17, 15) is 4.79 Å². The monoisotopic (exact) mass is 228 g/mol. The molecule has 0 spiro atoms. The Balaban J connectivity index is 3.02. The van der Waals surface area contributed by atoms with Crippen molar-refractivity contribution in [1.29, 1.82) is 0 Å². The fourth-order valence-electron chi connectivity index (χ4n) is 0.857. The number of ketones is 1. The van der Waals surface area contributed by atoms with E-state index in [1.165, 1.54) is 6.92 Å². The lowest BCUT2D eigenvalue weighted by molar-refractivity contribution is -0.118. The zero-order valence-corrected chi connectivity index (χ0v) is 8.21. The zero-order chi connectivity index (χ0) is 9.14. The van der Waals surface area contributed by atoms with E-state index in [-0.39, 0.29) is 5.78 Å². The number of aromatic nitrogens is 1. The molecule has 2 N–H and O–H groups in total. The SMILES string of the molecule is CC(=O)C(N)c1ccncc1Br. The fourth-order valence-corrected chi connectivity index (χ4v) is 1.35. The number of hydrogen-bond acceptors (Lipinski definition) is 3. The molecule has 64 valence electrons. The average Bonchev–Trinajstić information content (AvgIpc) is 2.04. The molecule has 1 aromatic heterocycles. The second kappa shape index (κ2) is 3.78. The van der Waals surface area contributed by atoms with Crippen LogP contribution in [-0.2, 0) is 4.79 Å². The van der Waals surface area contributed by atoms with E-state index >= 15 is 0 Å². The molecule has 0 radical (unpaired) electrons. The normalized spacial score (nSPS) is 12.6. The number of Topliss-reactive ketones (excluding diaryl/α,β-unsaturated/α-hetero) is 1. The molecular weight excluding hydrogens is 220 g/mol. The molecule has 12 heavy (non-hydrogen) atoms. The molecule has 0 aliphatic carbocycles. The molecule has 3 nitrogen and oxygen atoms in total. The number of carbonyl (C=O) groups excluding carboxylic acids is 1. The van der Waals surface area contributed by atoms with Crippen LogP contribution >= 0.6 is 15.9 Å². The summed E-state index contributed by atoms with van der Waals surface area (Å²) in [6.07, 6.45) is 3.24. The van der Waals surface area contributed by atoms with E-state index in [1.54, 1.807) is 18.5 Å². The summed E-state index contributed by atoms with van der Waals surface area (Å²) < 4.78 is 0.771. The molecule has 1 aromatic rings. The van der Waals surface area contributed by atoms with Crippen LogP contribution in [0.2, 0.25) is 0 Å². The Bertz CT molecular complexity index is 301. The molecule has 0 bridgehead atoms. The van der Waals surface area contributed by atoms with Crippen molar-refractivity contribution in [3.63, 3.8) is 0 Å². The Morgan fingerprint density at radius 2 is 2.42 bits per heavy atom. The third-order valence-electron chi connectivity index (χ3n) is 1.58. The maximum absolute atomic E-state index is 10.9. The summed E-state index contributed by atoms with van der Waals surface area (Å²) >= 11 is 3.27. The molecule has 0 aromatic carbocycles. The van der Waals surface area contributed by atoms with Gasteiger partial charge in [-0.1, -0.05) is 0 Å². The molecule has 0 amide bonds. The largest absolute Gasteiger partial charge is 0.318 e. The average molecular weight is 229 g/mol. The fraction of sp³-hybridized carbons (Fsp3) is 0.250. The molecule has 0 fully saturated rings.